The number of halogens is 2. The van der Waals surface area contributed by atoms with E-state index in [-0.39, 0.29) is 28.4 Å². The summed E-state index contributed by atoms with van der Waals surface area (Å²) < 4.78 is 36.1. The van der Waals surface area contributed by atoms with Crippen LogP contribution in [0.3, 0.4) is 0 Å². The lowest BCUT2D eigenvalue weighted by Crippen LogP contribution is -2.23. The van der Waals surface area contributed by atoms with Gasteiger partial charge in [0.25, 0.3) is 0 Å². The molecule has 36 heavy (non-hydrogen) atoms. The van der Waals surface area contributed by atoms with Crippen molar-refractivity contribution in [1.82, 2.24) is 9.97 Å². The predicted octanol–water partition coefficient (Wildman–Crippen LogP) is 5.91. The average Bonchev–Trinajstić information content (AvgIpc) is 3.41. The molecular weight excluding hydrogens is 460 g/mol. The Balaban J connectivity index is 1.55. The number of nitrogens with zero attached hydrogens (tertiary/aromatic N) is 3. The standard InChI is InChI=1S/C29H25F2N3O2/c1-4-20-24(30)8-5-16-11-19(35)12-23(25(16)20)21-6-7-22-27(26(21)31)32-29(36-3)33-28(22)34-13-17-9-15(2)10-18(17)14-34/h1,5-8,11-12,15,17-18,35H,9-10,13-14H2,2-3H3. The molecule has 0 radical (unpaired) electrons. The molecule has 4 aromatic rings. The highest BCUT2D eigenvalue weighted by Crippen LogP contribution is 2.44. The maximum absolute atomic E-state index is 16.2. The van der Waals surface area contributed by atoms with E-state index in [0.717, 1.165) is 19.0 Å². The lowest BCUT2D eigenvalue weighted by atomic mass is 9.93. The molecule has 1 N–H and O–H groups in total. The zero-order chi connectivity index (χ0) is 25.1. The topological polar surface area (TPSA) is 58.5 Å². The lowest BCUT2D eigenvalue weighted by Gasteiger charge is -2.22. The first kappa shape index (κ1) is 22.5. The van der Waals surface area contributed by atoms with E-state index < -0.39 is 11.6 Å². The third-order valence-electron chi connectivity index (χ3n) is 7.72. The second kappa shape index (κ2) is 8.34. The van der Waals surface area contributed by atoms with Crippen LogP contribution in [0.15, 0.2) is 36.4 Å². The average molecular weight is 486 g/mol. The molecule has 1 saturated carbocycles. The summed E-state index contributed by atoms with van der Waals surface area (Å²) >= 11 is 0. The van der Waals surface area contributed by atoms with Crippen molar-refractivity contribution in [2.75, 3.05) is 25.1 Å². The number of hydrogen-bond acceptors (Lipinski definition) is 5. The van der Waals surface area contributed by atoms with Gasteiger partial charge in [-0.15, -0.1) is 6.42 Å². The van der Waals surface area contributed by atoms with Gasteiger partial charge in [0.15, 0.2) is 5.82 Å². The minimum Gasteiger partial charge on any atom is -0.508 e. The van der Waals surface area contributed by atoms with Crippen molar-refractivity contribution in [3.05, 3.63) is 53.6 Å². The summed E-state index contributed by atoms with van der Waals surface area (Å²) in [5.41, 5.74) is 0.570. The van der Waals surface area contributed by atoms with E-state index in [2.05, 4.69) is 27.7 Å². The van der Waals surface area contributed by atoms with Crippen molar-refractivity contribution in [1.29, 1.82) is 0 Å². The van der Waals surface area contributed by atoms with Gasteiger partial charge in [-0.05, 0) is 65.8 Å². The summed E-state index contributed by atoms with van der Waals surface area (Å²) in [5.74, 6) is 3.71. The number of methoxy groups -OCH3 is 1. The summed E-state index contributed by atoms with van der Waals surface area (Å²) in [6.07, 6.45) is 8.00. The molecule has 2 fully saturated rings. The number of terminal acetylenes is 1. The van der Waals surface area contributed by atoms with Gasteiger partial charge < -0.3 is 14.7 Å². The van der Waals surface area contributed by atoms with Gasteiger partial charge in [-0.2, -0.15) is 9.97 Å². The number of rotatable bonds is 3. The molecule has 1 aromatic heterocycles. The molecule has 2 aliphatic rings. The molecule has 1 aliphatic carbocycles. The fourth-order valence-electron chi connectivity index (χ4n) is 6.22. The molecule has 2 heterocycles. The van der Waals surface area contributed by atoms with E-state index in [9.17, 15) is 9.50 Å². The van der Waals surface area contributed by atoms with Gasteiger partial charge in [-0.1, -0.05) is 25.0 Å². The number of aromatic nitrogens is 2. The molecule has 2 unspecified atom stereocenters. The highest BCUT2D eigenvalue weighted by atomic mass is 19.1. The SMILES string of the molecule is C#Cc1c(F)ccc2cc(O)cc(-c3ccc4c(N5CC6CC(C)CC6C5)nc(OC)nc4c3F)c12. The highest BCUT2D eigenvalue weighted by molar-refractivity contribution is 6.04. The van der Waals surface area contributed by atoms with E-state index in [1.165, 1.54) is 44.2 Å². The molecular formula is C29H25F2N3O2. The van der Waals surface area contributed by atoms with Crippen LogP contribution >= 0.6 is 0 Å². The van der Waals surface area contributed by atoms with Gasteiger partial charge in [0.2, 0.25) is 0 Å². The number of phenolic OH excluding ortho intramolecular Hbond substituents is 1. The summed E-state index contributed by atoms with van der Waals surface area (Å²) in [5, 5.41) is 11.8. The number of aromatic hydroxyl groups is 1. The van der Waals surface area contributed by atoms with Crippen LogP contribution in [0.5, 0.6) is 11.8 Å². The minimum absolute atomic E-state index is 0.0146. The maximum Gasteiger partial charge on any atom is 0.318 e. The van der Waals surface area contributed by atoms with Crippen LogP contribution in [0.4, 0.5) is 14.6 Å². The lowest BCUT2D eigenvalue weighted by molar-refractivity contribution is 0.381. The van der Waals surface area contributed by atoms with Crippen LogP contribution in [0, 0.1) is 41.7 Å². The molecule has 0 amide bonds. The summed E-state index contributed by atoms with van der Waals surface area (Å²) in [7, 11) is 1.46. The van der Waals surface area contributed by atoms with Crippen LogP contribution in [0.1, 0.15) is 25.3 Å². The Labute approximate surface area is 207 Å². The van der Waals surface area contributed by atoms with Crippen LogP contribution in [-0.2, 0) is 0 Å². The van der Waals surface area contributed by atoms with Crippen LogP contribution in [0.2, 0.25) is 0 Å². The van der Waals surface area contributed by atoms with Gasteiger partial charge in [0, 0.05) is 29.4 Å². The Morgan fingerprint density at radius 3 is 2.50 bits per heavy atom. The van der Waals surface area contributed by atoms with E-state index in [1.54, 1.807) is 12.1 Å². The molecule has 0 spiro atoms. The zero-order valence-corrected chi connectivity index (χ0v) is 20.1. The second-order valence-electron chi connectivity index (χ2n) is 10.0. The quantitative estimate of drug-likeness (QED) is 0.366. The number of benzene rings is 3. The van der Waals surface area contributed by atoms with Gasteiger partial charge in [0.1, 0.15) is 22.9 Å². The Hall–Kier alpha value is -3.92. The number of fused-ring (bicyclic) bond motifs is 3. The van der Waals surface area contributed by atoms with Crippen molar-refractivity contribution in [2.24, 2.45) is 17.8 Å². The fourth-order valence-corrected chi connectivity index (χ4v) is 6.22. The summed E-state index contributed by atoms with van der Waals surface area (Å²) in [6, 6.07) is 9.12. The largest absolute Gasteiger partial charge is 0.508 e. The molecule has 7 heteroatoms. The first-order valence-corrected chi connectivity index (χ1v) is 12.1. The minimum atomic E-state index is -0.610. The number of hydrogen-bond donors (Lipinski definition) is 1. The van der Waals surface area contributed by atoms with Crippen molar-refractivity contribution in [3.63, 3.8) is 0 Å². The Kier molecular flexibility index (Phi) is 5.22. The van der Waals surface area contributed by atoms with Crippen molar-refractivity contribution in [3.8, 4) is 35.2 Å². The first-order valence-electron chi connectivity index (χ1n) is 12.1. The van der Waals surface area contributed by atoms with E-state index >= 15 is 4.39 Å². The highest BCUT2D eigenvalue weighted by Gasteiger charge is 2.40. The van der Waals surface area contributed by atoms with Gasteiger partial charge in [-0.3, -0.25) is 0 Å². The molecule has 6 rings (SSSR count). The van der Waals surface area contributed by atoms with Crippen LogP contribution in [-0.4, -0.2) is 35.3 Å². The van der Waals surface area contributed by atoms with Gasteiger partial charge in [-0.25, -0.2) is 8.78 Å². The van der Waals surface area contributed by atoms with Crippen molar-refractivity contribution >= 4 is 27.5 Å². The summed E-state index contributed by atoms with van der Waals surface area (Å²) in [4.78, 5) is 11.2. The van der Waals surface area contributed by atoms with Crippen molar-refractivity contribution < 1.29 is 18.6 Å². The Bertz CT molecular complexity index is 1570. The van der Waals surface area contributed by atoms with E-state index in [0.29, 0.717) is 39.4 Å². The zero-order valence-electron chi connectivity index (χ0n) is 20.1. The maximum atomic E-state index is 16.2. The van der Waals surface area contributed by atoms with Crippen LogP contribution < -0.4 is 9.64 Å². The monoisotopic (exact) mass is 485 g/mol. The molecule has 2 atom stereocenters. The third kappa shape index (κ3) is 3.43. The smallest absolute Gasteiger partial charge is 0.318 e. The molecule has 5 nitrogen and oxygen atoms in total. The van der Waals surface area contributed by atoms with Gasteiger partial charge in [0.05, 0.1) is 12.7 Å². The molecule has 1 saturated heterocycles. The predicted molar refractivity (Wildman–Crippen MR) is 136 cm³/mol. The first-order chi connectivity index (χ1) is 17.4. The van der Waals surface area contributed by atoms with Gasteiger partial charge >= 0.3 is 6.01 Å². The van der Waals surface area contributed by atoms with E-state index in [1.807, 2.05) is 0 Å². The normalized spacial score (nSPS) is 21.2. The Morgan fingerprint density at radius 1 is 1.06 bits per heavy atom. The molecule has 0 bridgehead atoms. The molecule has 182 valence electrons. The summed E-state index contributed by atoms with van der Waals surface area (Å²) in [6.45, 7) is 4.04. The number of anilines is 1. The van der Waals surface area contributed by atoms with Crippen LogP contribution in [0.25, 0.3) is 32.8 Å². The molecule has 3 aromatic carbocycles. The van der Waals surface area contributed by atoms with Crippen molar-refractivity contribution in [2.45, 2.75) is 19.8 Å². The second-order valence-corrected chi connectivity index (χ2v) is 10.0. The number of ether oxygens (including phenoxy) is 1. The third-order valence-corrected chi connectivity index (χ3v) is 7.72. The molecule has 1 aliphatic heterocycles. The fraction of sp³-hybridized carbons (Fsp3) is 0.310. The Morgan fingerprint density at radius 2 is 1.81 bits per heavy atom. The van der Waals surface area contributed by atoms with E-state index in [4.69, 9.17) is 11.2 Å². The number of phenols is 1.